The highest BCUT2D eigenvalue weighted by Gasteiger charge is 2.22. The fraction of sp³-hybridized carbons (Fsp3) is 0.211. The number of rotatable bonds is 2. The number of benzene rings is 2. The van der Waals surface area contributed by atoms with E-state index in [0.717, 1.165) is 51.7 Å². The molecule has 0 atom stereocenters. The Hall–Kier alpha value is -2.39. The molecular formula is C19H17NO2. The molecule has 0 saturated carbocycles. The van der Waals surface area contributed by atoms with Crippen molar-refractivity contribution in [3.63, 3.8) is 0 Å². The van der Waals surface area contributed by atoms with E-state index in [0.29, 0.717) is 6.42 Å². The van der Waals surface area contributed by atoms with Crippen LogP contribution in [0, 0.1) is 0 Å². The zero-order valence-electron chi connectivity index (χ0n) is 12.2. The molecule has 22 heavy (non-hydrogen) atoms. The van der Waals surface area contributed by atoms with Crippen molar-refractivity contribution < 1.29 is 9.90 Å². The van der Waals surface area contributed by atoms with Crippen molar-refractivity contribution in [2.24, 2.45) is 0 Å². The van der Waals surface area contributed by atoms with Crippen LogP contribution in [0.4, 0.5) is 0 Å². The lowest BCUT2D eigenvalue weighted by atomic mass is 9.93. The van der Waals surface area contributed by atoms with Gasteiger partial charge in [-0.25, -0.2) is 0 Å². The molecule has 1 aliphatic carbocycles. The Morgan fingerprint density at radius 3 is 2.82 bits per heavy atom. The molecule has 0 spiro atoms. The standard InChI is InChI=1S/C19H17NO2/c21-11-13-4-1-2-5-14(13)12-8-9-17-16(10-12)15-6-3-7-18(22)19(15)20-17/h1-2,4-5,8-10,20-21H,3,6-7,11H2. The molecule has 0 aliphatic heterocycles. The molecular weight excluding hydrogens is 274 g/mol. The summed E-state index contributed by atoms with van der Waals surface area (Å²) in [6, 6.07) is 14.1. The molecule has 4 rings (SSSR count). The average molecular weight is 291 g/mol. The molecule has 1 aliphatic rings. The van der Waals surface area contributed by atoms with Crippen molar-refractivity contribution in [3.8, 4) is 11.1 Å². The van der Waals surface area contributed by atoms with Gasteiger partial charge >= 0.3 is 0 Å². The van der Waals surface area contributed by atoms with Gasteiger partial charge in [0, 0.05) is 17.3 Å². The van der Waals surface area contributed by atoms with Crippen LogP contribution in [0.5, 0.6) is 0 Å². The van der Waals surface area contributed by atoms with E-state index in [2.05, 4.69) is 11.1 Å². The third-order valence-electron chi connectivity index (χ3n) is 4.51. The Kier molecular flexibility index (Phi) is 3.09. The number of Topliss-reactive ketones (excluding diaryl/α,β-unsaturated/α-hetero) is 1. The number of nitrogens with one attached hydrogen (secondary N) is 1. The van der Waals surface area contributed by atoms with Gasteiger partial charge in [-0.1, -0.05) is 30.3 Å². The van der Waals surface area contributed by atoms with Gasteiger partial charge < -0.3 is 10.1 Å². The molecule has 3 nitrogen and oxygen atoms in total. The van der Waals surface area contributed by atoms with Crippen LogP contribution >= 0.6 is 0 Å². The van der Waals surface area contributed by atoms with Gasteiger partial charge in [0.15, 0.2) is 5.78 Å². The largest absolute Gasteiger partial charge is 0.392 e. The summed E-state index contributed by atoms with van der Waals surface area (Å²) >= 11 is 0. The predicted molar refractivity (Wildman–Crippen MR) is 86.9 cm³/mol. The summed E-state index contributed by atoms with van der Waals surface area (Å²) < 4.78 is 0. The summed E-state index contributed by atoms with van der Waals surface area (Å²) in [5, 5.41) is 10.7. The monoisotopic (exact) mass is 291 g/mol. The van der Waals surface area contributed by atoms with Gasteiger partial charge in [0.25, 0.3) is 0 Å². The lowest BCUT2D eigenvalue weighted by molar-refractivity contribution is 0.0968. The Balaban J connectivity index is 1.92. The van der Waals surface area contributed by atoms with Gasteiger partial charge in [-0.05, 0) is 47.2 Å². The molecule has 0 amide bonds. The Bertz CT molecular complexity index is 876. The minimum Gasteiger partial charge on any atom is -0.392 e. The van der Waals surface area contributed by atoms with E-state index in [4.69, 9.17) is 0 Å². The van der Waals surface area contributed by atoms with E-state index in [1.54, 1.807) is 0 Å². The third kappa shape index (κ3) is 1.97. The first kappa shape index (κ1) is 13.3. The van der Waals surface area contributed by atoms with Crippen LogP contribution in [0.15, 0.2) is 42.5 Å². The van der Waals surface area contributed by atoms with Crippen LogP contribution in [-0.2, 0) is 13.0 Å². The lowest BCUT2D eigenvalue weighted by Crippen LogP contribution is -2.09. The summed E-state index contributed by atoms with van der Waals surface area (Å²) in [6.45, 7) is 0.0257. The maximum atomic E-state index is 12.0. The fourth-order valence-electron chi connectivity index (χ4n) is 3.40. The van der Waals surface area contributed by atoms with E-state index in [-0.39, 0.29) is 12.4 Å². The normalized spacial score (nSPS) is 14.3. The number of aliphatic hydroxyl groups excluding tert-OH is 1. The molecule has 2 N–H and O–H groups in total. The molecule has 1 aromatic heterocycles. The number of hydrogen-bond acceptors (Lipinski definition) is 2. The first-order valence-electron chi connectivity index (χ1n) is 7.65. The highest BCUT2D eigenvalue weighted by atomic mass is 16.3. The van der Waals surface area contributed by atoms with E-state index in [9.17, 15) is 9.90 Å². The molecule has 0 unspecified atom stereocenters. The van der Waals surface area contributed by atoms with Crippen molar-refractivity contribution in [1.82, 2.24) is 4.98 Å². The van der Waals surface area contributed by atoms with Crippen molar-refractivity contribution in [3.05, 3.63) is 59.3 Å². The van der Waals surface area contributed by atoms with E-state index in [1.165, 1.54) is 0 Å². The second-order valence-corrected chi connectivity index (χ2v) is 5.83. The lowest BCUT2D eigenvalue weighted by Gasteiger charge is -2.10. The Morgan fingerprint density at radius 2 is 1.95 bits per heavy atom. The van der Waals surface area contributed by atoms with E-state index < -0.39 is 0 Å². The molecule has 0 fully saturated rings. The zero-order chi connectivity index (χ0) is 15.1. The van der Waals surface area contributed by atoms with Crippen LogP contribution in [0.3, 0.4) is 0 Å². The summed E-state index contributed by atoms with van der Waals surface area (Å²) in [4.78, 5) is 15.3. The predicted octanol–water partition coefficient (Wildman–Crippen LogP) is 3.85. The van der Waals surface area contributed by atoms with Gasteiger partial charge in [0.1, 0.15) is 0 Å². The SMILES string of the molecule is O=C1CCCc2c1[nH]c1ccc(-c3ccccc3CO)cc21. The summed E-state index contributed by atoms with van der Waals surface area (Å²) in [5.41, 5.74) is 6.00. The zero-order valence-corrected chi connectivity index (χ0v) is 12.2. The number of ketones is 1. The molecule has 0 saturated heterocycles. The van der Waals surface area contributed by atoms with Gasteiger partial charge in [-0.15, -0.1) is 0 Å². The number of carbonyl (C=O) groups excluding carboxylic acids is 1. The molecule has 1 heterocycles. The molecule has 2 aromatic carbocycles. The van der Waals surface area contributed by atoms with Crippen LogP contribution in [0.1, 0.15) is 34.5 Å². The molecule has 3 aromatic rings. The third-order valence-corrected chi connectivity index (χ3v) is 4.51. The fourth-order valence-corrected chi connectivity index (χ4v) is 3.40. The summed E-state index contributed by atoms with van der Waals surface area (Å²) in [5.74, 6) is 0.217. The number of carbonyl (C=O) groups is 1. The summed E-state index contributed by atoms with van der Waals surface area (Å²) in [6.07, 6.45) is 2.52. The number of H-pyrrole nitrogens is 1. The van der Waals surface area contributed by atoms with Crippen molar-refractivity contribution >= 4 is 16.7 Å². The van der Waals surface area contributed by atoms with Gasteiger partial charge in [0.05, 0.1) is 12.3 Å². The first-order chi connectivity index (χ1) is 10.8. The number of aromatic amines is 1. The number of aliphatic hydroxyl groups is 1. The highest BCUT2D eigenvalue weighted by Crippen LogP contribution is 2.33. The minimum absolute atomic E-state index is 0.0257. The summed E-state index contributed by atoms with van der Waals surface area (Å²) in [7, 11) is 0. The molecule has 0 radical (unpaired) electrons. The Labute approximate surface area is 128 Å². The molecule has 110 valence electrons. The second kappa shape index (κ2) is 5.11. The second-order valence-electron chi connectivity index (χ2n) is 5.83. The van der Waals surface area contributed by atoms with Crippen LogP contribution in [-0.4, -0.2) is 15.9 Å². The number of fused-ring (bicyclic) bond motifs is 3. The van der Waals surface area contributed by atoms with Gasteiger partial charge in [-0.3, -0.25) is 4.79 Å². The topological polar surface area (TPSA) is 53.1 Å². The van der Waals surface area contributed by atoms with Gasteiger partial charge in [-0.2, -0.15) is 0 Å². The van der Waals surface area contributed by atoms with Gasteiger partial charge in [0.2, 0.25) is 0 Å². The van der Waals surface area contributed by atoms with Crippen LogP contribution < -0.4 is 0 Å². The number of aryl methyl sites for hydroxylation is 1. The number of aromatic nitrogens is 1. The van der Waals surface area contributed by atoms with E-state index in [1.807, 2.05) is 36.4 Å². The average Bonchev–Trinajstić information content (AvgIpc) is 2.94. The molecule has 0 bridgehead atoms. The van der Waals surface area contributed by atoms with Crippen molar-refractivity contribution in [2.45, 2.75) is 25.9 Å². The Morgan fingerprint density at radius 1 is 1.09 bits per heavy atom. The minimum atomic E-state index is 0.0257. The maximum absolute atomic E-state index is 12.0. The van der Waals surface area contributed by atoms with Crippen LogP contribution in [0.2, 0.25) is 0 Å². The highest BCUT2D eigenvalue weighted by molar-refractivity contribution is 6.04. The maximum Gasteiger partial charge on any atom is 0.179 e. The smallest absolute Gasteiger partial charge is 0.179 e. The van der Waals surface area contributed by atoms with E-state index >= 15 is 0 Å². The quantitative estimate of drug-likeness (QED) is 0.753. The first-order valence-corrected chi connectivity index (χ1v) is 7.65. The van der Waals surface area contributed by atoms with Crippen molar-refractivity contribution in [1.29, 1.82) is 0 Å². The van der Waals surface area contributed by atoms with Crippen LogP contribution in [0.25, 0.3) is 22.0 Å². The molecule has 3 heteroatoms. The van der Waals surface area contributed by atoms with Crippen molar-refractivity contribution in [2.75, 3.05) is 0 Å². The number of hydrogen-bond donors (Lipinski definition) is 2.